The molecule has 0 aliphatic carbocycles. The lowest BCUT2D eigenvalue weighted by Crippen LogP contribution is -2.06. The number of carbonyl (C=O) groups excluding carboxylic acids is 1. The average molecular weight is 183 g/mol. The van der Waals surface area contributed by atoms with Gasteiger partial charge in [0.05, 0.1) is 11.9 Å². The van der Waals surface area contributed by atoms with E-state index in [9.17, 15) is 9.18 Å². The van der Waals surface area contributed by atoms with Crippen LogP contribution in [0.15, 0.2) is 18.3 Å². The summed E-state index contributed by atoms with van der Waals surface area (Å²) in [6.45, 7) is 3.00. The maximum atomic E-state index is 12.4. The summed E-state index contributed by atoms with van der Waals surface area (Å²) >= 11 is 0. The highest BCUT2D eigenvalue weighted by Gasteiger charge is 2.09. The Kier molecular flexibility index (Phi) is 2.95. The minimum absolute atomic E-state index is 0.376. The lowest BCUT2D eigenvalue weighted by molar-refractivity contribution is -0.145. The molecule has 1 rings (SSSR count). The van der Waals surface area contributed by atoms with Gasteiger partial charge in [0, 0.05) is 6.92 Å². The third-order valence-electron chi connectivity index (χ3n) is 1.51. The van der Waals surface area contributed by atoms with Gasteiger partial charge in [-0.1, -0.05) is 0 Å². The molecule has 0 N–H and O–H groups in total. The fourth-order valence-electron chi connectivity index (χ4n) is 0.937. The van der Waals surface area contributed by atoms with Gasteiger partial charge >= 0.3 is 5.97 Å². The third kappa shape index (κ3) is 2.82. The zero-order valence-corrected chi connectivity index (χ0v) is 7.45. The van der Waals surface area contributed by atoms with Crippen molar-refractivity contribution in [1.29, 1.82) is 0 Å². The molecule has 4 heteroatoms. The first-order valence-corrected chi connectivity index (χ1v) is 3.88. The molecule has 13 heavy (non-hydrogen) atoms. The fraction of sp³-hybridized carbons (Fsp3) is 0.333. The van der Waals surface area contributed by atoms with Crippen LogP contribution in [0.25, 0.3) is 0 Å². The van der Waals surface area contributed by atoms with Crippen LogP contribution >= 0.6 is 0 Å². The second-order valence-electron chi connectivity index (χ2n) is 2.65. The smallest absolute Gasteiger partial charge is 0.303 e. The number of aromatic nitrogens is 1. The van der Waals surface area contributed by atoms with Crippen molar-refractivity contribution in [1.82, 2.24) is 4.98 Å². The summed E-state index contributed by atoms with van der Waals surface area (Å²) in [4.78, 5) is 14.3. The van der Waals surface area contributed by atoms with E-state index in [2.05, 4.69) is 4.98 Å². The van der Waals surface area contributed by atoms with E-state index in [1.165, 1.54) is 19.1 Å². The second-order valence-corrected chi connectivity index (χ2v) is 2.65. The van der Waals surface area contributed by atoms with Crippen LogP contribution in [0, 0.1) is 5.82 Å². The number of esters is 1. The Morgan fingerprint density at radius 1 is 1.62 bits per heavy atom. The number of nitrogens with zero attached hydrogens (tertiary/aromatic N) is 1. The highest BCUT2D eigenvalue weighted by Crippen LogP contribution is 2.13. The molecule has 1 aromatic rings. The normalized spacial score (nSPS) is 12.2. The minimum Gasteiger partial charge on any atom is -0.456 e. The highest BCUT2D eigenvalue weighted by atomic mass is 19.1. The molecular weight excluding hydrogens is 173 g/mol. The molecule has 70 valence electrons. The molecular formula is C9H10FNO2. The van der Waals surface area contributed by atoms with Gasteiger partial charge in [0.2, 0.25) is 0 Å². The standard InChI is InChI=1S/C9H10FNO2/c1-6(13-7(2)12)9-4-3-8(10)5-11-9/h3-6H,1-2H3. The average Bonchev–Trinajstić information content (AvgIpc) is 2.04. The molecule has 1 aromatic heterocycles. The SMILES string of the molecule is CC(=O)OC(C)c1ccc(F)cn1. The minimum atomic E-state index is -0.432. The van der Waals surface area contributed by atoms with Gasteiger partial charge in [-0.15, -0.1) is 0 Å². The number of hydrogen-bond donors (Lipinski definition) is 0. The summed E-state index contributed by atoms with van der Waals surface area (Å²) in [6.07, 6.45) is 0.660. The molecule has 1 atom stereocenters. The van der Waals surface area contributed by atoms with Gasteiger partial charge in [0.1, 0.15) is 11.9 Å². The van der Waals surface area contributed by atoms with E-state index in [0.29, 0.717) is 5.69 Å². The van der Waals surface area contributed by atoms with Crippen molar-refractivity contribution in [3.63, 3.8) is 0 Å². The molecule has 0 bridgehead atoms. The van der Waals surface area contributed by atoms with Gasteiger partial charge in [-0.25, -0.2) is 4.39 Å². The molecule has 0 radical (unpaired) electrons. The van der Waals surface area contributed by atoms with E-state index in [0.717, 1.165) is 6.20 Å². The van der Waals surface area contributed by atoms with Gasteiger partial charge in [0.15, 0.2) is 0 Å². The van der Waals surface area contributed by atoms with Crippen LogP contribution in [-0.4, -0.2) is 11.0 Å². The Morgan fingerprint density at radius 2 is 2.31 bits per heavy atom. The molecule has 1 unspecified atom stereocenters. The Bertz CT molecular complexity index is 297. The molecule has 0 spiro atoms. The maximum Gasteiger partial charge on any atom is 0.303 e. The van der Waals surface area contributed by atoms with Gasteiger partial charge < -0.3 is 4.74 Å². The lowest BCUT2D eigenvalue weighted by Gasteiger charge is -2.10. The third-order valence-corrected chi connectivity index (χ3v) is 1.51. The monoisotopic (exact) mass is 183 g/mol. The number of halogens is 1. The molecule has 0 fully saturated rings. The zero-order chi connectivity index (χ0) is 9.84. The zero-order valence-electron chi connectivity index (χ0n) is 7.45. The van der Waals surface area contributed by atoms with Crippen LogP contribution in [0.2, 0.25) is 0 Å². The fourth-order valence-corrected chi connectivity index (χ4v) is 0.937. The Hall–Kier alpha value is -1.45. The number of hydrogen-bond acceptors (Lipinski definition) is 3. The Labute approximate surface area is 75.6 Å². The molecule has 0 aliphatic heterocycles. The van der Waals surface area contributed by atoms with Crippen molar-refractivity contribution in [3.8, 4) is 0 Å². The van der Waals surface area contributed by atoms with Crippen molar-refractivity contribution in [2.45, 2.75) is 20.0 Å². The van der Waals surface area contributed by atoms with Crippen LogP contribution < -0.4 is 0 Å². The van der Waals surface area contributed by atoms with Gasteiger partial charge in [-0.05, 0) is 19.1 Å². The van der Waals surface area contributed by atoms with Crippen molar-refractivity contribution in [2.24, 2.45) is 0 Å². The van der Waals surface area contributed by atoms with E-state index in [1.54, 1.807) is 6.92 Å². The first-order valence-electron chi connectivity index (χ1n) is 3.88. The summed E-state index contributed by atoms with van der Waals surface area (Å²) in [7, 11) is 0. The van der Waals surface area contributed by atoms with Crippen molar-refractivity contribution in [3.05, 3.63) is 29.8 Å². The second kappa shape index (κ2) is 3.98. The van der Waals surface area contributed by atoms with Gasteiger partial charge in [0.25, 0.3) is 0 Å². The maximum absolute atomic E-state index is 12.4. The first-order chi connectivity index (χ1) is 6.09. The summed E-state index contributed by atoms with van der Waals surface area (Å²) < 4.78 is 17.3. The molecule has 3 nitrogen and oxygen atoms in total. The lowest BCUT2D eigenvalue weighted by atomic mass is 10.2. The molecule has 0 aromatic carbocycles. The summed E-state index contributed by atoms with van der Waals surface area (Å²) in [6, 6.07) is 2.77. The summed E-state index contributed by atoms with van der Waals surface area (Å²) in [5.41, 5.74) is 0.539. The number of pyridine rings is 1. The molecule has 1 heterocycles. The van der Waals surface area contributed by atoms with Crippen LogP contribution in [0.1, 0.15) is 25.6 Å². The van der Waals surface area contributed by atoms with E-state index in [1.807, 2.05) is 0 Å². The van der Waals surface area contributed by atoms with E-state index < -0.39 is 11.9 Å². The molecule has 0 aliphatic rings. The topological polar surface area (TPSA) is 39.2 Å². The largest absolute Gasteiger partial charge is 0.456 e. The number of rotatable bonds is 2. The predicted molar refractivity (Wildman–Crippen MR) is 44.4 cm³/mol. The van der Waals surface area contributed by atoms with E-state index in [-0.39, 0.29) is 5.97 Å². The highest BCUT2D eigenvalue weighted by molar-refractivity contribution is 5.66. The van der Waals surface area contributed by atoms with Crippen LogP contribution in [0.3, 0.4) is 0 Å². The van der Waals surface area contributed by atoms with Gasteiger partial charge in [-0.3, -0.25) is 9.78 Å². The number of ether oxygens (including phenoxy) is 1. The molecule has 0 saturated carbocycles. The molecule has 0 amide bonds. The quantitative estimate of drug-likeness (QED) is 0.657. The van der Waals surface area contributed by atoms with Gasteiger partial charge in [-0.2, -0.15) is 0 Å². The number of carbonyl (C=O) groups is 1. The Balaban J connectivity index is 2.71. The molecule has 0 saturated heterocycles. The Morgan fingerprint density at radius 3 is 2.77 bits per heavy atom. The summed E-state index contributed by atoms with van der Waals surface area (Å²) in [5.74, 6) is -0.780. The van der Waals surface area contributed by atoms with Crippen LogP contribution in [0.5, 0.6) is 0 Å². The first kappa shape index (κ1) is 9.64. The van der Waals surface area contributed by atoms with E-state index >= 15 is 0 Å². The summed E-state index contributed by atoms with van der Waals surface area (Å²) in [5, 5.41) is 0. The van der Waals surface area contributed by atoms with E-state index in [4.69, 9.17) is 4.74 Å². The predicted octanol–water partition coefficient (Wildman–Crippen LogP) is 1.84. The van der Waals surface area contributed by atoms with Crippen molar-refractivity contribution >= 4 is 5.97 Å². The van der Waals surface area contributed by atoms with Crippen molar-refractivity contribution in [2.75, 3.05) is 0 Å². The van der Waals surface area contributed by atoms with Crippen LogP contribution in [0.4, 0.5) is 4.39 Å². The van der Waals surface area contributed by atoms with Crippen LogP contribution in [-0.2, 0) is 9.53 Å². The van der Waals surface area contributed by atoms with Crippen molar-refractivity contribution < 1.29 is 13.9 Å².